The number of nitrogens with zero attached hydrogens (tertiary/aromatic N) is 1. The van der Waals surface area contributed by atoms with Crippen molar-refractivity contribution in [1.82, 2.24) is 4.98 Å². The third-order valence-corrected chi connectivity index (χ3v) is 4.72. The lowest BCUT2D eigenvalue weighted by atomic mass is 10.1. The zero-order valence-corrected chi connectivity index (χ0v) is 15.7. The number of esters is 1. The Morgan fingerprint density at radius 1 is 1.15 bits per heavy atom. The first-order chi connectivity index (χ1) is 12.9. The number of carbonyl (C=O) groups excluding carboxylic acids is 2. The molecule has 0 spiro atoms. The van der Waals surface area contributed by atoms with Gasteiger partial charge in [-0.05, 0) is 25.1 Å². The molecule has 1 atom stereocenters. The molecule has 0 bridgehead atoms. The molecule has 8 heteroatoms. The second-order valence-corrected chi connectivity index (χ2v) is 6.53. The molecule has 3 rings (SSSR count). The molecule has 1 aromatic heterocycles. The van der Waals surface area contributed by atoms with Crippen molar-refractivity contribution in [2.45, 2.75) is 13.0 Å². The van der Waals surface area contributed by atoms with Crippen molar-refractivity contribution in [2.24, 2.45) is 0 Å². The second kappa shape index (κ2) is 7.82. The number of nitrogens with one attached hydrogen (secondary N) is 1. The number of pyridine rings is 1. The molecule has 1 amide bonds. The molecule has 27 heavy (non-hydrogen) atoms. The third-order valence-electron chi connectivity index (χ3n) is 3.90. The molecule has 0 fully saturated rings. The van der Waals surface area contributed by atoms with Crippen LogP contribution in [0.5, 0.6) is 0 Å². The Bertz CT molecular complexity index is 1040. The molecule has 3 aromatic rings. The first-order valence-electron chi connectivity index (χ1n) is 7.97. The van der Waals surface area contributed by atoms with Gasteiger partial charge in [0.2, 0.25) is 0 Å². The largest absolute Gasteiger partial charge is 0.449 e. The SMILES string of the molecule is C[C@@H](OC(=O)c1cnc2ccccc2c1N)C(=O)Nc1cccc(Cl)c1Cl. The van der Waals surface area contributed by atoms with E-state index >= 15 is 0 Å². The van der Waals surface area contributed by atoms with E-state index in [1.807, 2.05) is 6.07 Å². The number of ether oxygens (including phenoxy) is 1. The van der Waals surface area contributed by atoms with Crippen LogP contribution in [0.4, 0.5) is 11.4 Å². The highest BCUT2D eigenvalue weighted by Crippen LogP contribution is 2.29. The second-order valence-electron chi connectivity index (χ2n) is 5.74. The number of hydrogen-bond acceptors (Lipinski definition) is 5. The van der Waals surface area contributed by atoms with Gasteiger partial charge in [0, 0.05) is 11.6 Å². The van der Waals surface area contributed by atoms with Crippen LogP contribution in [-0.2, 0) is 9.53 Å². The molecule has 6 nitrogen and oxygen atoms in total. The molecule has 0 saturated carbocycles. The molecule has 0 aliphatic rings. The summed E-state index contributed by atoms with van der Waals surface area (Å²) in [5.41, 5.74) is 7.38. The van der Waals surface area contributed by atoms with Crippen LogP contribution < -0.4 is 11.1 Å². The minimum absolute atomic E-state index is 0.0918. The Balaban J connectivity index is 1.74. The van der Waals surface area contributed by atoms with E-state index in [1.54, 1.807) is 36.4 Å². The lowest BCUT2D eigenvalue weighted by Gasteiger charge is -2.15. The molecule has 138 valence electrons. The van der Waals surface area contributed by atoms with E-state index in [-0.39, 0.29) is 16.3 Å². The van der Waals surface area contributed by atoms with Gasteiger partial charge in [0.15, 0.2) is 6.10 Å². The molecule has 3 N–H and O–H groups in total. The van der Waals surface area contributed by atoms with E-state index in [2.05, 4.69) is 10.3 Å². The summed E-state index contributed by atoms with van der Waals surface area (Å²) in [7, 11) is 0. The number of nitrogens with two attached hydrogens (primary N) is 1. The third kappa shape index (κ3) is 3.97. The predicted molar refractivity (Wildman–Crippen MR) is 106 cm³/mol. The number of aromatic nitrogens is 1. The predicted octanol–water partition coefficient (Wildman–Crippen LogP) is 4.31. The Kier molecular flexibility index (Phi) is 5.48. The fourth-order valence-corrected chi connectivity index (χ4v) is 2.79. The van der Waals surface area contributed by atoms with Crippen LogP contribution in [0.2, 0.25) is 10.0 Å². The maximum absolute atomic E-state index is 12.4. The average molecular weight is 404 g/mol. The van der Waals surface area contributed by atoms with Crippen LogP contribution in [0.3, 0.4) is 0 Å². The first kappa shape index (κ1) is 18.9. The number of halogens is 2. The molecule has 0 radical (unpaired) electrons. The molecular weight excluding hydrogens is 389 g/mol. The van der Waals surface area contributed by atoms with Crippen molar-refractivity contribution >= 4 is 57.4 Å². The Labute approximate surface area is 165 Å². The smallest absolute Gasteiger partial charge is 0.342 e. The number of rotatable bonds is 4. The highest BCUT2D eigenvalue weighted by Gasteiger charge is 2.22. The van der Waals surface area contributed by atoms with Crippen LogP contribution >= 0.6 is 23.2 Å². The number of benzene rings is 2. The number of carbonyl (C=O) groups is 2. The van der Waals surface area contributed by atoms with Gasteiger partial charge >= 0.3 is 5.97 Å². The highest BCUT2D eigenvalue weighted by molar-refractivity contribution is 6.44. The monoisotopic (exact) mass is 403 g/mol. The molecule has 0 unspecified atom stereocenters. The van der Waals surface area contributed by atoms with Crippen LogP contribution in [-0.4, -0.2) is 23.0 Å². The van der Waals surface area contributed by atoms with E-state index in [9.17, 15) is 9.59 Å². The van der Waals surface area contributed by atoms with E-state index in [1.165, 1.54) is 13.1 Å². The number of amides is 1. The van der Waals surface area contributed by atoms with Gasteiger partial charge in [-0.2, -0.15) is 0 Å². The van der Waals surface area contributed by atoms with Crippen molar-refractivity contribution in [1.29, 1.82) is 0 Å². The molecular formula is C19H15Cl2N3O3. The first-order valence-corrected chi connectivity index (χ1v) is 8.73. The molecule has 2 aromatic carbocycles. The summed E-state index contributed by atoms with van der Waals surface area (Å²) in [5, 5.41) is 3.71. The van der Waals surface area contributed by atoms with Gasteiger partial charge in [0.05, 0.1) is 26.9 Å². The highest BCUT2D eigenvalue weighted by atomic mass is 35.5. The van der Waals surface area contributed by atoms with Crippen LogP contribution in [0.25, 0.3) is 10.9 Å². The summed E-state index contributed by atoms with van der Waals surface area (Å²) in [6.07, 6.45) is 0.247. The standard InChI is InChI=1S/C19H15Cl2N3O3/c1-10(18(25)24-15-8-4-6-13(20)16(15)21)27-19(26)12-9-23-14-7-3-2-5-11(14)17(12)22/h2-10H,1H3,(H2,22,23)(H,24,25)/t10-/m1/s1. The quantitative estimate of drug-likeness (QED) is 0.632. The molecule has 0 aliphatic carbocycles. The van der Waals surface area contributed by atoms with Gasteiger partial charge < -0.3 is 15.8 Å². The normalized spacial score (nSPS) is 11.8. The van der Waals surface area contributed by atoms with Crippen molar-refractivity contribution in [2.75, 3.05) is 11.1 Å². The molecule has 0 saturated heterocycles. The summed E-state index contributed by atoms with van der Waals surface area (Å²) in [4.78, 5) is 28.9. The summed E-state index contributed by atoms with van der Waals surface area (Å²) in [6.45, 7) is 1.44. The lowest BCUT2D eigenvalue weighted by molar-refractivity contribution is -0.123. The zero-order chi connectivity index (χ0) is 19.6. The number of anilines is 2. The minimum atomic E-state index is -1.08. The zero-order valence-electron chi connectivity index (χ0n) is 14.2. The number of nitrogen functional groups attached to an aromatic ring is 1. The number of hydrogen-bond donors (Lipinski definition) is 2. The lowest BCUT2D eigenvalue weighted by Crippen LogP contribution is -2.30. The Morgan fingerprint density at radius 3 is 2.67 bits per heavy atom. The maximum Gasteiger partial charge on any atom is 0.342 e. The Morgan fingerprint density at radius 2 is 1.89 bits per heavy atom. The van der Waals surface area contributed by atoms with Crippen LogP contribution in [0.1, 0.15) is 17.3 Å². The minimum Gasteiger partial charge on any atom is -0.449 e. The van der Waals surface area contributed by atoms with Gasteiger partial charge in [-0.25, -0.2) is 4.79 Å². The summed E-state index contributed by atoms with van der Waals surface area (Å²) >= 11 is 12.0. The number of para-hydroxylation sites is 1. The summed E-state index contributed by atoms with van der Waals surface area (Å²) in [6, 6.07) is 12.0. The van der Waals surface area contributed by atoms with E-state index in [0.717, 1.165) is 0 Å². The van der Waals surface area contributed by atoms with Crippen molar-refractivity contribution in [3.63, 3.8) is 0 Å². The molecule has 0 aliphatic heterocycles. The van der Waals surface area contributed by atoms with Crippen molar-refractivity contribution < 1.29 is 14.3 Å². The van der Waals surface area contributed by atoms with E-state index in [4.69, 9.17) is 33.7 Å². The van der Waals surface area contributed by atoms with Crippen LogP contribution in [0, 0.1) is 0 Å². The van der Waals surface area contributed by atoms with E-state index in [0.29, 0.717) is 21.6 Å². The molecule has 1 heterocycles. The fraction of sp³-hybridized carbons (Fsp3) is 0.105. The Hall–Kier alpha value is -2.83. The summed E-state index contributed by atoms with van der Waals surface area (Å²) in [5.74, 6) is -1.30. The summed E-state index contributed by atoms with van der Waals surface area (Å²) < 4.78 is 5.22. The van der Waals surface area contributed by atoms with E-state index < -0.39 is 18.0 Å². The number of fused-ring (bicyclic) bond motifs is 1. The van der Waals surface area contributed by atoms with Crippen molar-refractivity contribution in [3.8, 4) is 0 Å². The fourth-order valence-electron chi connectivity index (χ4n) is 2.44. The van der Waals surface area contributed by atoms with Crippen LogP contribution in [0.15, 0.2) is 48.7 Å². The van der Waals surface area contributed by atoms with Crippen molar-refractivity contribution in [3.05, 3.63) is 64.3 Å². The van der Waals surface area contributed by atoms with Gasteiger partial charge in [-0.15, -0.1) is 0 Å². The van der Waals surface area contributed by atoms with Gasteiger partial charge in [0.1, 0.15) is 5.56 Å². The average Bonchev–Trinajstić information content (AvgIpc) is 2.65. The maximum atomic E-state index is 12.4. The topological polar surface area (TPSA) is 94.3 Å². The van der Waals surface area contributed by atoms with Gasteiger partial charge in [0.25, 0.3) is 5.91 Å². The van der Waals surface area contributed by atoms with Gasteiger partial charge in [-0.3, -0.25) is 9.78 Å². The van der Waals surface area contributed by atoms with Gasteiger partial charge in [-0.1, -0.05) is 47.5 Å².